The third-order valence-corrected chi connectivity index (χ3v) is 4.32. The highest BCUT2D eigenvalue weighted by molar-refractivity contribution is 7.89. The number of nitrogens with two attached hydrogens (primary N) is 1. The van der Waals surface area contributed by atoms with Gasteiger partial charge in [-0.25, -0.2) is 18.5 Å². The van der Waals surface area contributed by atoms with Crippen LogP contribution in [0.3, 0.4) is 0 Å². The van der Waals surface area contributed by atoms with E-state index in [4.69, 9.17) is 9.88 Å². The molecule has 1 aliphatic carbocycles. The normalized spacial score (nSPS) is 24.1. The average Bonchev–Trinajstić information content (AvgIpc) is 2.38. The number of nitrogens with one attached hydrogen (secondary N) is 1. The Balaban J connectivity index is 2.15. The molecular formula is C12H19N3O3S. The van der Waals surface area contributed by atoms with Crippen molar-refractivity contribution in [1.29, 1.82) is 0 Å². The van der Waals surface area contributed by atoms with Crippen molar-refractivity contribution >= 4 is 15.8 Å². The van der Waals surface area contributed by atoms with Crippen LogP contribution in [0, 0.1) is 0 Å². The summed E-state index contributed by atoms with van der Waals surface area (Å²) in [6.45, 7) is 0. The van der Waals surface area contributed by atoms with Crippen molar-refractivity contribution in [3.63, 3.8) is 0 Å². The van der Waals surface area contributed by atoms with Crippen molar-refractivity contribution in [2.45, 2.75) is 42.7 Å². The number of anilines is 1. The van der Waals surface area contributed by atoms with Crippen LogP contribution in [0.2, 0.25) is 0 Å². The molecule has 0 spiro atoms. The molecule has 2 rings (SSSR count). The second kappa shape index (κ2) is 5.85. The first-order chi connectivity index (χ1) is 9.00. The number of hydrogen-bond acceptors (Lipinski definition) is 5. The Morgan fingerprint density at radius 2 is 2.26 bits per heavy atom. The molecule has 1 heterocycles. The van der Waals surface area contributed by atoms with Crippen molar-refractivity contribution in [3.8, 4) is 0 Å². The fourth-order valence-corrected chi connectivity index (χ4v) is 3.06. The summed E-state index contributed by atoms with van der Waals surface area (Å²) in [4.78, 5) is 4.12. The van der Waals surface area contributed by atoms with Gasteiger partial charge in [-0.05, 0) is 37.8 Å². The van der Waals surface area contributed by atoms with E-state index in [-0.39, 0.29) is 17.0 Å². The first kappa shape index (κ1) is 14.2. The highest BCUT2D eigenvalue weighted by Crippen LogP contribution is 2.25. The minimum Gasteiger partial charge on any atom is -0.381 e. The minimum absolute atomic E-state index is 0.0366. The number of pyridine rings is 1. The van der Waals surface area contributed by atoms with E-state index in [1.165, 1.54) is 6.07 Å². The van der Waals surface area contributed by atoms with Gasteiger partial charge in [-0.3, -0.25) is 0 Å². The maximum absolute atomic E-state index is 11.5. The van der Waals surface area contributed by atoms with Crippen molar-refractivity contribution in [2.75, 3.05) is 12.4 Å². The SMILES string of the molecule is COC1CCCC(Nc2ncccc2S(N)(=O)=O)C1. The Kier molecular flexibility index (Phi) is 4.38. The van der Waals surface area contributed by atoms with Crippen molar-refractivity contribution in [2.24, 2.45) is 5.14 Å². The standard InChI is InChI=1S/C12H19N3O3S/c1-18-10-5-2-4-9(8-10)15-12-11(19(13,16)17)6-3-7-14-12/h3,6-7,9-10H,2,4-5,8H2,1H3,(H,14,15)(H2,13,16,17). The number of hydrogen-bond donors (Lipinski definition) is 2. The van der Waals surface area contributed by atoms with E-state index in [2.05, 4.69) is 10.3 Å². The molecule has 1 aromatic rings. The maximum Gasteiger partial charge on any atom is 0.241 e. The van der Waals surface area contributed by atoms with Gasteiger partial charge in [0.2, 0.25) is 10.0 Å². The van der Waals surface area contributed by atoms with Crippen LogP contribution in [0.5, 0.6) is 0 Å². The van der Waals surface area contributed by atoms with Crippen LogP contribution in [0.25, 0.3) is 0 Å². The largest absolute Gasteiger partial charge is 0.381 e. The van der Waals surface area contributed by atoms with Gasteiger partial charge in [0.05, 0.1) is 6.10 Å². The van der Waals surface area contributed by atoms with Crippen LogP contribution >= 0.6 is 0 Å². The first-order valence-electron chi connectivity index (χ1n) is 6.28. The van der Waals surface area contributed by atoms with Gasteiger partial charge in [-0.1, -0.05) is 0 Å². The lowest BCUT2D eigenvalue weighted by atomic mass is 9.93. The van der Waals surface area contributed by atoms with Crippen molar-refractivity contribution in [1.82, 2.24) is 4.98 Å². The monoisotopic (exact) mass is 285 g/mol. The summed E-state index contributed by atoms with van der Waals surface area (Å²) in [6, 6.07) is 3.18. The van der Waals surface area contributed by atoms with Gasteiger partial charge in [0.25, 0.3) is 0 Å². The summed E-state index contributed by atoms with van der Waals surface area (Å²) < 4.78 is 28.3. The van der Waals surface area contributed by atoms with Gasteiger partial charge in [-0.2, -0.15) is 0 Å². The lowest BCUT2D eigenvalue weighted by Gasteiger charge is -2.29. The summed E-state index contributed by atoms with van der Waals surface area (Å²) >= 11 is 0. The molecule has 2 atom stereocenters. The van der Waals surface area contributed by atoms with E-state index in [9.17, 15) is 8.42 Å². The number of nitrogens with zero attached hydrogens (tertiary/aromatic N) is 1. The van der Waals surface area contributed by atoms with E-state index in [1.54, 1.807) is 19.4 Å². The zero-order valence-electron chi connectivity index (χ0n) is 10.9. The number of primary sulfonamides is 1. The number of ether oxygens (including phenoxy) is 1. The van der Waals surface area contributed by atoms with Gasteiger partial charge in [-0.15, -0.1) is 0 Å². The molecule has 0 saturated heterocycles. The van der Waals surface area contributed by atoms with Crippen molar-refractivity contribution in [3.05, 3.63) is 18.3 Å². The van der Waals surface area contributed by atoms with E-state index >= 15 is 0 Å². The number of aromatic nitrogens is 1. The average molecular weight is 285 g/mol. The lowest BCUT2D eigenvalue weighted by molar-refractivity contribution is 0.0668. The summed E-state index contributed by atoms with van der Waals surface area (Å²) in [7, 11) is -2.06. The number of methoxy groups -OCH3 is 1. The first-order valence-corrected chi connectivity index (χ1v) is 7.82. The second-order valence-corrected chi connectivity index (χ2v) is 6.29. The zero-order chi connectivity index (χ0) is 13.9. The fourth-order valence-electron chi connectivity index (χ4n) is 2.41. The molecule has 1 fully saturated rings. The Hall–Kier alpha value is -1.18. The molecule has 1 aromatic heterocycles. The Bertz CT molecular complexity index is 533. The molecule has 0 aromatic carbocycles. The molecular weight excluding hydrogens is 266 g/mol. The highest BCUT2D eigenvalue weighted by Gasteiger charge is 2.24. The quantitative estimate of drug-likeness (QED) is 0.864. The highest BCUT2D eigenvalue weighted by atomic mass is 32.2. The molecule has 1 saturated carbocycles. The van der Waals surface area contributed by atoms with Crippen LogP contribution in [-0.4, -0.2) is 32.7 Å². The van der Waals surface area contributed by atoms with Gasteiger partial charge in [0.1, 0.15) is 10.7 Å². The Morgan fingerprint density at radius 3 is 2.95 bits per heavy atom. The summed E-state index contributed by atoms with van der Waals surface area (Å²) in [5.41, 5.74) is 0. The topological polar surface area (TPSA) is 94.3 Å². The van der Waals surface area contributed by atoms with E-state index in [0.29, 0.717) is 5.82 Å². The summed E-state index contributed by atoms with van der Waals surface area (Å²) in [6.07, 6.45) is 5.67. The molecule has 0 amide bonds. The summed E-state index contributed by atoms with van der Waals surface area (Å²) in [5.74, 6) is 0.326. The molecule has 0 radical (unpaired) electrons. The smallest absolute Gasteiger partial charge is 0.241 e. The van der Waals surface area contributed by atoms with E-state index in [1.807, 2.05) is 0 Å². The molecule has 0 bridgehead atoms. The number of rotatable bonds is 4. The Morgan fingerprint density at radius 1 is 1.47 bits per heavy atom. The Labute approximate surface area is 113 Å². The zero-order valence-corrected chi connectivity index (χ0v) is 11.7. The van der Waals surface area contributed by atoms with Crippen LogP contribution in [-0.2, 0) is 14.8 Å². The molecule has 3 N–H and O–H groups in total. The van der Waals surface area contributed by atoms with E-state index in [0.717, 1.165) is 25.7 Å². The predicted octanol–water partition coefficient (Wildman–Crippen LogP) is 1.10. The van der Waals surface area contributed by atoms with Crippen molar-refractivity contribution < 1.29 is 13.2 Å². The van der Waals surface area contributed by atoms with E-state index < -0.39 is 10.0 Å². The maximum atomic E-state index is 11.5. The fraction of sp³-hybridized carbons (Fsp3) is 0.583. The molecule has 19 heavy (non-hydrogen) atoms. The minimum atomic E-state index is -3.76. The van der Waals surface area contributed by atoms with Gasteiger partial charge in [0, 0.05) is 19.3 Å². The lowest BCUT2D eigenvalue weighted by Crippen LogP contribution is -2.32. The van der Waals surface area contributed by atoms with Gasteiger partial charge in [0.15, 0.2) is 0 Å². The van der Waals surface area contributed by atoms with Crippen LogP contribution in [0.4, 0.5) is 5.82 Å². The molecule has 0 aliphatic heterocycles. The third kappa shape index (κ3) is 3.65. The molecule has 7 heteroatoms. The van der Waals surface area contributed by atoms with Crippen LogP contribution in [0.15, 0.2) is 23.2 Å². The third-order valence-electron chi connectivity index (χ3n) is 3.38. The molecule has 1 aliphatic rings. The predicted molar refractivity (Wildman–Crippen MR) is 72.3 cm³/mol. The molecule has 106 valence electrons. The van der Waals surface area contributed by atoms with Gasteiger partial charge < -0.3 is 10.1 Å². The molecule has 6 nitrogen and oxygen atoms in total. The second-order valence-electron chi connectivity index (χ2n) is 4.76. The summed E-state index contributed by atoms with van der Waals surface area (Å²) in [5, 5.41) is 8.35. The van der Waals surface area contributed by atoms with Gasteiger partial charge >= 0.3 is 0 Å². The number of sulfonamides is 1. The van der Waals surface area contributed by atoms with Crippen LogP contribution in [0.1, 0.15) is 25.7 Å². The molecule has 2 unspecified atom stereocenters. The van der Waals surface area contributed by atoms with Crippen LogP contribution < -0.4 is 10.5 Å².